The van der Waals surface area contributed by atoms with Crippen molar-refractivity contribution in [2.75, 3.05) is 18.5 Å². The zero-order valence-electron chi connectivity index (χ0n) is 11.3. The molecule has 1 atom stereocenters. The number of hydrogen-bond donors (Lipinski definition) is 1. The minimum absolute atomic E-state index is 0.106. The lowest BCUT2D eigenvalue weighted by Gasteiger charge is -2.23. The highest BCUT2D eigenvalue weighted by molar-refractivity contribution is 5.97. The summed E-state index contributed by atoms with van der Waals surface area (Å²) >= 11 is 0. The second-order valence-corrected chi connectivity index (χ2v) is 4.57. The predicted molar refractivity (Wildman–Crippen MR) is 78.0 cm³/mol. The number of nitrogens with zero attached hydrogens (tertiary/aromatic N) is 1. The van der Waals surface area contributed by atoms with Crippen LogP contribution in [-0.4, -0.2) is 19.5 Å². The number of carbonyl (C=O) groups is 1. The van der Waals surface area contributed by atoms with Crippen molar-refractivity contribution in [1.82, 2.24) is 0 Å². The number of halogens is 1. The standard InChI is InChI=1S/C16H17FN2O/c1-19(14-9-7-13(17)8-10-14)16(20)15(11-18)12-5-3-2-4-6-12/h2-10,15H,11,18H2,1H3. The Morgan fingerprint density at radius 2 is 1.75 bits per heavy atom. The van der Waals surface area contributed by atoms with E-state index in [4.69, 9.17) is 5.73 Å². The molecule has 4 heteroatoms. The van der Waals surface area contributed by atoms with Crippen molar-refractivity contribution in [3.05, 3.63) is 66.0 Å². The van der Waals surface area contributed by atoms with Crippen LogP contribution in [0.4, 0.5) is 10.1 Å². The molecule has 1 unspecified atom stereocenters. The molecule has 0 heterocycles. The van der Waals surface area contributed by atoms with Crippen LogP contribution in [0.15, 0.2) is 54.6 Å². The van der Waals surface area contributed by atoms with E-state index in [1.165, 1.54) is 17.0 Å². The van der Waals surface area contributed by atoms with E-state index in [1.54, 1.807) is 19.2 Å². The van der Waals surface area contributed by atoms with Gasteiger partial charge in [-0.05, 0) is 29.8 Å². The third-order valence-corrected chi connectivity index (χ3v) is 3.28. The van der Waals surface area contributed by atoms with Gasteiger partial charge in [0.15, 0.2) is 0 Å². The van der Waals surface area contributed by atoms with Crippen LogP contribution >= 0.6 is 0 Å². The van der Waals surface area contributed by atoms with Gasteiger partial charge in [-0.1, -0.05) is 30.3 Å². The first kappa shape index (κ1) is 14.2. The van der Waals surface area contributed by atoms with E-state index < -0.39 is 5.92 Å². The van der Waals surface area contributed by atoms with E-state index in [1.807, 2.05) is 30.3 Å². The van der Waals surface area contributed by atoms with Crippen molar-refractivity contribution < 1.29 is 9.18 Å². The normalized spacial score (nSPS) is 11.9. The molecule has 104 valence electrons. The molecule has 20 heavy (non-hydrogen) atoms. The van der Waals surface area contributed by atoms with Gasteiger partial charge >= 0.3 is 0 Å². The Hall–Kier alpha value is -2.20. The number of likely N-dealkylation sites (N-methyl/N-ethyl adjacent to an activating group) is 1. The third-order valence-electron chi connectivity index (χ3n) is 3.28. The van der Waals surface area contributed by atoms with Crippen molar-refractivity contribution in [2.24, 2.45) is 5.73 Å². The SMILES string of the molecule is CN(C(=O)C(CN)c1ccccc1)c1ccc(F)cc1. The summed E-state index contributed by atoms with van der Waals surface area (Å²) in [4.78, 5) is 14.0. The average Bonchev–Trinajstić information content (AvgIpc) is 2.49. The number of nitrogens with two attached hydrogens (primary N) is 1. The fourth-order valence-corrected chi connectivity index (χ4v) is 2.09. The Balaban J connectivity index is 2.22. The minimum Gasteiger partial charge on any atom is -0.329 e. The van der Waals surface area contributed by atoms with Crippen molar-refractivity contribution in [1.29, 1.82) is 0 Å². The fourth-order valence-electron chi connectivity index (χ4n) is 2.09. The van der Waals surface area contributed by atoms with Crippen LogP contribution in [0.3, 0.4) is 0 Å². The molecule has 0 saturated carbocycles. The molecule has 2 aromatic rings. The first-order chi connectivity index (χ1) is 9.63. The Kier molecular flexibility index (Phi) is 4.48. The molecule has 0 fully saturated rings. The molecule has 2 rings (SSSR count). The quantitative estimate of drug-likeness (QED) is 0.929. The maximum absolute atomic E-state index is 12.9. The molecule has 0 spiro atoms. The number of rotatable bonds is 4. The molecule has 3 nitrogen and oxygen atoms in total. The van der Waals surface area contributed by atoms with E-state index in [9.17, 15) is 9.18 Å². The Morgan fingerprint density at radius 3 is 2.30 bits per heavy atom. The smallest absolute Gasteiger partial charge is 0.235 e. The van der Waals surface area contributed by atoms with Gasteiger partial charge in [-0.2, -0.15) is 0 Å². The Labute approximate surface area is 117 Å². The van der Waals surface area contributed by atoms with Crippen molar-refractivity contribution >= 4 is 11.6 Å². The predicted octanol–water partition coefficient (Wildman–Crippen LogP) is 2.53. The third kappa shape index (κ3) is 3.03. The summed E-state index contributed by atoms with van der Waals surface area (Å²) < 4.78 is 12.9. The van der Waals surface area contributed by atoms with Crippen molar-refractivity contribution in [3.63, 3.8) is 0 Å². The van der Waals surface area contributed by atoms with Gasteiger partial charge in [0.1, 0.15) is 5.82 Å². The van der Waals surface area contributed by atoms with Gasteiger partial charge in [0, 0.05) is 19.3 Å². The van der Waals surface area contributed by atoms with Crippen LogP contribution in [-0.2, 0) is 4.79 Å². The zero-order chi connectivity index (χ0) is 14.5. The molecule has 0 saturated heterocycles. The Morgan fingerprint density at radius 1 is 1.15 bits per heavy atom. The summed E-state index contributed by atoms with van der Waals surface area (Å²) in [5, 5.41) is 0. The molecule has 0 aromatic heterocycles. The number of carbonyl (C=O) groups excluding carboxylic acids is 1. The summed E-state index contributed by atoms with van der Waals surface area (Å²) in [6.07, 6.45) is 0. The van der Waals surface area contributed by atoms with Crippen LogP contribution in [0.1, 0.15) is 11.5 Å². The summed E-state index contributed by atoms with van der Waals surface area (Å²) in [5.74, 6) is -0.829. The molecule has 0 aliphatic rings. The molecule has 1 amide bonds. The lowest BCUT2D eigenvalue weighted by atomic mass is 9.97. The average molecular weight is 272 g/mol. The van der Waals surface area contributed by atoms with Gasteiger partial charge in [0.2, 0.25) is 5.91 Å². The van der Waals surface area contributed by atoms with Crippen molar-refractivity contribution in [2.45, 2.75) is 5.92 Å². The van der Waals surface area contributed by atoms with Crippen molar-refractivity contribution in [3.8, 4) is 0 Å². The summed E-state index contributed by atoms with van der Waals surface area (Å²) in [6, 6.07) is 15.2. The molecule has 0 radical (unpaired) electrons. The number of anilines is 1. The van der Waals surface area contributed by atoms with Gasteiger partial charge in [0.25, 0.3) is 0 Å². The maximum atomic E-state index is 12.9. The molecular weight excluding hydrogens is 255 g/mol. The molecule has 2 aromatic carbocycles. The number of benzene rings is 2. The summed E-state index contributed by atoms with van der Waals surface area (Å²) in [6.45, 7) is 0.231. The van der Waals surface area contributed by atoms with Gasteiger partial charge in [-0.15, -0.1) is 0 Å². The highest BCUT2D eigenvalue weighted by atomic mass is 19.1. The molecular formula is C16H17FN2O. The second kappa shape index (κ2) is 6.30. The molecule has 0 aliphatic carbocycles. The van der Waals surface area contributed by atoms with E-state index in [0.717, 1.165) is 5.56 Å². The van der Waals surface area contributed by atoms with Gasteiger partial charge in [-0.25, -0.2) is 4.39 Å². The van der Waals surface area contributed by atoms with Gasteiger partial charge in [0.05, 0.1) is 5.92 Å². The van der Waals surface area contributed by atoms with Crippen LogP contribution in [0.5, 0.6) is 0 Å². The Bertz CT molecular complexity index is 569. The molecule has 2 N–H and O–H groups in total. The van der Waals surface area contributed by atoms with E-state index >= 15 is 0 Å². The second-order valence-electron chi connectivity index (χ2n) is 4.57. The fraction of sp³-hybridized carbons (Fsp3) is 0.188. The van der Waals surface area contributed by atoms with Crippen LogP contribution in [0.25, 0.3) is 0 Å². The monoisotopic (exact) mass is 272 g/mol. The van der Waals surface area contributed by atoms with Crippen LogP contribution < -0.4 is 10.6 Å². The lowest BCUT2D eigenvalue weighted by Crippen LogP contribution is -2.35. The summed E-state index contributed by atoms with van der Waals surface area (Å²) in [7, 11) is 1.67. The maximum Gasteiger partial charge on any atom is 0.235 e. The van der Waals surface area contributed by atoms with E-state index in [2.05, 4.69) is 0 Å². The van der Waals surface area contributed by atoms with E-state index in [-0.39, 0.29) is 18.3 Å². The first-order valence-corrected chi connectivity index (χ1v) is 6.41. The van der Waals surface area contributed by atoms with Crippen LogP contribution in [0, 0.1) is 5.82 Å². The first-order valence-electron chi connectivity index (χ1n) is 6.41. The number of hydrogen-bond acceptors (Lipinski definition) is 2. The van der Waals surface area contributed by atoms with Gasteiger partial charge in [-0.3, -0.25) is 4.79 Å². The number of amides is 1. The van der Waals surface area contributed by atoms with Gasteiger partial charge < -0.3 is 10.6 Å². The summed E-state index contributed by atoms with van der Waals surface area (Å²) in [5.41, 5.74) is 7.27. The molecule has 0 bridgehead atoms. The minimum atomic E-state index is -0.397. The lowest BCUT2D eigenvalue weighted by molar-refractivity contribution is -0.119. The highest BCUT2D eigenvalue weighted by Crippen LogP contribution is 2.21. The zero-order valence-corrected chi connectivity index (χ0v) is 11.3. The topological polar surface area (TPSA) is 46.3 Å². The van der Waals surface area contributed by atoms with E-state index in [0.29, 0.717) is 5.69 Å². The largest absolute Gasteiger partial charge is 0.329 e. The highest BCUT2D eigenvalue weighted by Gasteiger charge is 2.23. The van der Waals surface area contributed by atoms with Crippen LogP contribution in [0.2, 0.25) is 0 Å². The molecule has 0 aliphatic heterocycles.